The molecule has 19 heavy (non-hydrogen) atoms. The fourth-order valence-electron chi connectivity index (χ4n) is 3.70. The fraction of sp³-hybridized carbons (Fsp3) is 1.00. The highest BCUT2D eigenvalue weighted by molar-refractivity contribution is 4.85. The molecule has 1 aliphatic rings. The van der Waals surface area contributed by atoms with E-state index in [1.54, 1.807) is 0 Å². The molecule has 0 amide bonds. The van der Waals surface area contributed by atoms with Gasteiger partial charge in [-0.2, -0.15) is 0 Å². The maximum atomic E-state index is 3.94. The maximum Gasteiger partial charge on any atom is 0.0100 e. The van der Waals surface area contributed by atoms with Crippen molar-refractivity contribution in [2.24, 2.45) is 23.7 Å². The van der Waals surface area contributed by atoms with Gasteiger partial charge >= 0.3 is 0 Å². The monoisotopic (exact) mass is 267 g/mol. The summed E-state index contributed by atoms with van der Waals surface area (Å²) in [5, 5.41) is 3.94. The van der Waals surface area contributed by atoms with E-state index in [4.69, 9.17) is 0 Å². The molecule has 1 nitrogen and oxygen atoms in total. The zero-order valence-corrected chi connectivity index (χ0v) is 14.0. The molecule has 0 bridgehead atoms. The average molecular weight is 268 g/mol. The van der Waals surface area contributed by atoms with E-state index >= 15 is 0 Å². The molecule has 0 saturated heterocycles. The molecule has 1 N–H and O–H groups in total. The molecule has 0 aromatic rings. The lowest BCUT2D eigenvalue weighted by Crippen LogP contribution is -2.44. The first-order chi connectivity index (χ1) is 9.08. The zero-order chi connectivity index (χ0) is 14.3. The second kappa shape index (κ2) is 9.00. The summed E-state index contributed by atoms with van der Waals surface area (Å²) >= 11 is 0. The standard InChI is InChI=1S/C18H37N/c1-6-8-9-16(7-2)13-19-18-12-15(5)10-11-17(18)14(3)4/h14-19H,6-13H2,1-5H3. The fourth-order valence-corrected chi connectivity index (χ4v) is 3.70. The Labute approximate surface area is 121 Å². The van der Waals surface area contributed by atoms with Gasteiger partial charge in [-0.15, -0.1) is 0 Å². The van der Waals surface area contributed by atoms with E-state index in [1.807, 2.05) is 0 Å². The highest BCUT2D eigenvalue weighted by Crippen LogP contribution is 2.33. The smallest absolute Gasteiger partial charge is 0.0100 e. The minimum atomic E-state index is 0.777. The molecule has 1 aliphatic carbocycles. The maximum absolute atomic E-state index is 3.94. The second-order valence-electron chi connectivity index (χ2n) is 7.26. The van der Waals surface area contributed by atoms with Gasteiger partial charge in [0, 0.05) is 6.04 Å². The molecule has 1 rings (SSSR count). The first-order valence-electron chi connectivity index (χ1n) is 8.81. The molecule has 0 aromatic heterocycles. The van der Waals surface area contributed by atoms with E-state index in [0.29, 0.717) is 0 Å². The topological polar surface area (TPSA) is 12.0 Å². The van der Waals surface area contributed by atoms with E-state index in [1.165, 1.54) is 51.5 Å². The molecule has 4 atom stereocenters. The normalized spacial score (nSPS) is 29.7. The van der Waals surface area contributed by atoms with Crippen molar-refractivity contribution in [3.05, 3.63) is 0 Å². The van der Waals surface area contributed by atoms with Crippen LogP contribution in [0.2, 0.25) is 0 Å². The predicted octanol–water partition coefficient (Wildman–Crippen LogP) is 5.25. The van der Waals surface area contributed by atoms with Crippen molar-refractivity contribution < 1.29 is 0 Å². The molecule has 0 aromatic carbocycles. The Hall–Kier alpha value is -0.0400. The van der Waals surface area contributed by atoms with Gasteiger partial charge in [0.25, 0.3) is 0 Å². The average Bonchev–Trinajstić information content (AvgIpc) is 2.38. The van der Waals surface area contributed by atoms with Crippen molar-refractivity contribution in [3.8, 4) is 0 Å². The molecule has 1 saturated carbocycles. The minimum Gasteiger partial charge on any atom is -0.313 e. The van der Waals surface area contributed by atoms with Crippen LogP contribution in [0.25, 0.3) is 0 Å². The molecular formula is C18H37N. The highest BCUT2D eigenvalue weighted by atomic mass is 14.9. The zero-order valence-electron chi connectivity index (χ0n) is 14.0. The van der Waals surface area contributed by atoms with Gasteiger partial charge in [-0.05, 0) is 49.5 Å². The van der Waals surface area contributed by atoms with Crippen LogP contribution >= 0.6 is 0 Å². The molecule has 114 valence electrons. The Morgan fingerprint density at radius 1 is 1.16 bits per heavy atom. The third-order valence-electron chi connectivity index (χ3n) is 5.23. The predicted molar refractivity (Wildman–Crippen MR) is 86.4 cm³/mol. The third kappa shape index (κ3) is 5.85. The first kappa shape index (κ1) is 17.0. The van der Waals surface area contributed by atoms with E-state index in [0.717, 1.165) is 29.7 Å². The van der Waals surface area contributed by atoms with Crippen LogP contribution in [0.4, 0.5) is 0 Å². The van der Waals surface area contributed by atoms with Gasteiger partial charge in [0.2, 0.25) is 0 Å². The van der Waals surface area contributed by atoms with Gasteiger partial charge in [-0.1, -0.05) is 60.3 Å². The lowest BCUT2D eigenvalue weighted by molar-refractivity contribution is 0.164. The quantitative estimate of drug-likeness (QED) is 0.633. The Morgan fingerprint density at radius 2 is 1.89 bits per heavy atom. The molecule has 1 fully saturated rings. The van der Waals surface area contributed by atoms with Gasteiger partial charge in [0.05, 0.1) is 0 Å². The largest absolute Gasteiger partial charge is 0.313 e. The molecule has 0 radical (unpaired) electrons. The van der Waals surface area contributed by atoms with E-state index in [2.05, 4.69) is 39.9 Å². The van der Waals surface area contributed by atoms with Crippen LogP contribution < -0.4 is 5.32 Å². The van der Waals surface area contributed by atoms with Gasteiger partial charge in [0.15, 0.2) is 0 Å². The summed E-state index contributed by atoms with van der Waals surface area (Å²) in [5.74, 6) is 3.55. The Bertz CT molecular complexity index is 224. The van der Waals surface area contributed by atoms with Crippen molar-refractivity contribution in [2.45, 2.75) is 85.6 Å². The van der Waals surface area contributed by atoms with Crippen LogP contribution in [0.5, 0.6) is 0 Å². The van der Waals surface area contributed by atoms with Gasteiger partial charge in [-0.3, -0.25) is 0 Å². The Kier molecular flexibility index (Phi) is 8.06. The Balaban J connectivity index is 2.42. The molecular weight excluding hydrogens is 230 g/mol. The van der Waals surface area contributed by atoms with Gasteiger partial charge in [0.1, 0.15) is 0 Å². The van der Waals surface area contributed by atoms with Crippen LogP contribution in [0, 0.1) is 23.7 Å². The molecule has 1 heteroatoms. The van der Waals surface area contributed by atoms with Crippen LogP contribution in [0.1, 0.15) is 79.6 Å². The SMILES string of the molecule is CCCCC(CC)CNC1CC(C)CCC1C(C)C. The summed E-state index contributed by atoms with van der Waals surface area (Å²) < 4.78 is 0. The lowest BCUT2D eigenvalue weighted by Gasteiger charge is -2.38. The van der Waals surface area contributed by atoms with E-state index in [-0.39, 0.29) is 0 Å². The molecule has 0 aliphatic heterocycles. The number of nitrogens with one attached hydrogen (secondary N) is 1. The van der Waals surface area contributed by atoms with Gasteiger partial charge in [-0.25, -0.2) is 0 Å². The Morgan fingerprint density at radius 3 is 2.47 bits per heavy atom. The molecule has 4 unspecified atom stereocenters. The minimum absolute atomic E-state index is 0.777. The van der Waals surface area contributed by atoms with Crippen LogP contribution in [0.15, 0.2) is 0 Å². The molecule has 0 spiro atoms. The summed E-state index contributed by atoms with van der Waals surface area (Å²) in [6.45, 7) is 13.1. The summed E-state index contributed by atoms with van der Waals surface area (Å²) in [6, 6.07) is 0.777. The van der Waals surface area contributed by atoms with Crippen molar-refractivity contribution in [3.63, 3.8) is 0 Å². The third-order valence-corrected chi connectivity index (χ3v) is 5.23. The number of unbranched alkanes of at least 4 members (excludes halogenated alkanes) is 1. The number of hydrogen-bond donors (Lipinski definition) is 1. The number of hydrogen-bond acceptors (Lipinski definition) is 1. The molecule has 0 heterocycles. The van der Waals surface area contributed by atoms with Crippen LogP contribution in [-0.2, 0) is 0 Å². The van der Waals surface area contributed by atoms with Gasteiger partial charge < -0.3 is 5.32 Å². The van der Waals surface area contributed by atoms with E-state index < -0.39 is 0 Å². The first-order valence-corrected chi connectivity index (χ1v) is 8.81. The number of rotatable bonds is 8. The van der Waals surface area contributed by atoms with Crippen molar-refractivity contribution in [1.82, 2.24) is 5.32 Å². The van der Waals surface area contributed by atoms with Crippen LogP contribution in [-0.4, -0.2) is 12.6 Å². The van der Waals surface area contributed by atoms with Crippen LogP contribution in [0.3, 0.4) is 0 Å². The van der Waals surface area contributed by atoms with Crippen molar-refractivity contribution >= 4 is 0 Å². The van der Waals surface area contributed by atoms with Crippen molar-refractivity contribution in [1.29, 1.82) is 0 Å². The van der Waals surface area contributed by atoms with E-state index in [9.17, 15) is 0 Å². The lowest BCUT2D eigenvalue weighted by atomic mass is 9.74. The summed E-state index contributed by atoms with van der Waals surface area (Å²) in [4.78, 5) is 0. The van der Waals surface area contributed by atoms with Crippen molar-refractivity contribution in [2.75, 3.05) is 6.54 Å². The summed E-state index contributed by atoms with van der Waals surface area (Å²) in [6.07, 6.45) is 9.75. The summed E-state index contributed by atoms with van der Waals surface area (Å²) in [5.41, 5.74) is 0. The summed E-state index contributed by atoms with van der Waals surface area (Å²) in [7, 11) is 0. The second-order valence-corrected chi connectivity index (χ2v) is 7.26. The highest BCUT2D eigenvalue weighted by Gasteiger charge is 2.30.